The summed E-state index contributed by atoms with van der Waals surface area (Å²) in [5.41, 5.74) is 1.34. The van der Waals surface area contributed by atoms with Crippen molar-refractivity contribution in [1.29, 1.82) is 0 Å². The summed E-state index contributed by atoms with van der Waals surface area (Å²) in [6.07, 6.45) is 0. The van der Waals surface area contributed by atoms with Gasteiger partial charge in [-0.05, 0) is 9.91 Å². The number of nitrogens with zero attached hydrogens (tertiary/aromatic N) is 2. The molecular formula is C12H10N2O3. The molecule has 0 saturated carbocycles. The SMILES string of the molecule is COc1cc(-c2ccccc2)nc([N+](=O)[O-])c1. The van der Waals surface area contributed by atoms with E-state index < -0.39 is 4.92 Å². The van der Waals surface area contributed by atoms with Crippen molar-refractivity contribution in [2.45, 2.75) is 0 Å². The lowest BCUT2D eigenvalue weighted by atomic mass is 10.1. The van der Waals surface area contributed by atoms with E-state index in [2.05, 4.69) is 4.98 Å². The maximum atomic E-state index is 10.7. The normalized spacial score (nSPS) is 9.94. The largest absolute Gasteiger partial charge is 0.496 e. The molecule has 2 aromatic rings. The molecule has 0 aliphatic heterocycles. The molecule has 0 amide bonds. The van der Waals surface area contributed by atoms with Gasteiger partial charge in [0, 0.05) is 11.6 Å². The van der Waals surface area contributed by atoms with Crippen LogP contribution in [-0.2, 0) is 0 Å². The fourth-order valence-corrected chi connectivity index (χ4v) is 1.46. The van der Waals surface area contributed by atoms with Gasteiger partial charge in [-0.15, -0.1) is 0 Å². The first kappa shape index (κ1) is 11.1. The van der Waals surface area contributed by atoms with Crippen LogP contribution in [0.3, 0.4) is 0 Å². The third kappa shape index (κ3) is 2.39. The van der Waals surface area contributed by atoms with Crippen LogP contribution in [0.25, 0.3) is 11.3 Å². The first-order chi connectivity index (χ1) is 8.20. The molecule has 86 valence electrons. The monoisotopic (exact) mass is 230 g/mol. The van der Waals surface area contributed by atoms with Crippen molar-refractivity contribution in [2.75, 3.05) is 7.11 Å². The first-order valence-electron chi connectivity index (χ1n) is 4.96. The number of methoxy groups -OCH3 is 1. The van der Waals surface area contributed by atoms with E-state index in [-0.39, 0.29) is 5.82 Å². The van der Waals surface area contributed by atoms with Crippen LogP contribution in [0.5, 0.6) is 5.75 Å². The summed E-state index contributed by atoms with van der Waals surface area (Å²) in [6, 6.07) is 12.2. The molecule has 1 aromatic heterocycles. The van der Waals surface area contributed by atoms with Crippen LogP contribution in [0.15, 0.2) is 42.5 Å². The van der Waals surface area contributed by atoms with Crippen molar-refractivity contribution >= 4 is 5.82 Å². The second-order valence-corrected chi connectivity index (χ2v) is 3.37. The Hall–Kier alpha value is -2.43. The van der Waals surface area contributed by atoms with Crippen LogP contribution in [0, 0.1) is 10.1 Å². The van der Waals surface area contributed by atoms with Crippen molar-refractivity contribution in [3.63, 3.8) is 0 Å². The predicted octanol–water partition coefficient (Wildman–Crippen LogP) is 2.67. The van der Waals surface area contributed by atoms with Crippen LogP contribution in [0.2, 0.25) is 0 Å². The zero-order valence-electron chi connectivity index (χ0n) is 9.16. The summed E-state index contributed by atoms with van der Waals surface area (Å²) < 4.78 is 5.02. The molecule has 0 aliphatic carbocycles. The van der Waals surface area contributed by atoms with E-state index in [0.29, 0.717) is 11.4 Å². The molecule has 0 radical (unpaired) electrons. The fraction of sp³-hybridized carbons (Fsp3) is 0.0833. The van der Waals surface area contributed by atoms with Crippen LogP contribution in [-0.4, -0.2) is 17.0 Å². The van der Waals surface area contributed by atoms with E-state index in [1.165, 1.54) is 13.2 Å². The highest BCUT2D eigenvalue weighted by Gasteiger charge is 2.14. The van der Waals surface area contributed by atoms with Gasteiger partial charge in [-0.3, -0.25) is 0 Å². The van der Waals surface area contributed by atoms with E-state index in [1.807, 2.05) is 30.3 Å². The van der Waals surface area contributed by atoms with Gasteiger partial charge in [0.15, 0.2) is 5.69 Å². The van der Waals surface area contributed by atoms with Gasteiger partial charge in [0.2, 0.25) is 0 Å². The van der Waals surface area contributed by atoms with Crippen LogP contribution in [0.4, 0.5) is 5.82 Å². The molecule has 0 N–H and O–H groups in total. The highest BCUT2D eigenvalue weighted by molar-refractivity contribution is 5.62. The molecular weight excluding hydrogens is 220 g/mol. The van der Waals surface area contributed by atoms with E-state index in [1.54, 1.807) is 6.07 Å². The second kappa shape index (κ2) is 4.61. The highest BCUT2D eigenvalue weighted by atomic mass is 16.6. The Morgan fingerprint density at radius 2 is 1.94 bits per heavy atom. The summed E-state index contributed by atoms with van der Waals surface area (Å²) in [5, 5.41) is 10.7. The van der Waals surface area contributed by atoms with Crippen LogP contribution >= 0.6 is 0 Å². The number of hydrogen-bond acceptors (Lipinski definition) is 4. The molecule has 0 unspecified atom stereocenters. The molecule has 17 heavy (non-hydrogen) atoms. The van der Waals surface area contributed by atoms with Crippen molar-refractivity contribution in [3.8, 4) is 17.0 Å². The number of pyridine rings is 1. The van der Waals surface area contributed by atoms with Gasteiger partial charge >= 0.3 is 5.82 Å². The highest BCUT2D eigenvalue weighted by Crippen LogP contribution is 2.25. The Morgan fingerprint density at radius 3 is 2.53 bits per heavy atom. The minimum atomic E-state index is -0.533. The molecule has 0 fully saturated rings. The third-order valence-corrected chi connectivity index (χ3v) is 2.28. The van der Waals surface area contributed by atoms with E-state index in [0.717, 1.165) is 5.56 Å². The van der Waals surface area contributed by atoms with Crippen molar-refractivity contribution < 1.29 is 9.66 Å². The maximum absolute atomic E-state index is 10.7. The van der Waals surface area contributed by atoms with Gasteiger partial charge in [-0.2, -0.15) is 0 Å². The number of ether oxygens (including phenoxy) is 1. The van der Waals surface area contributed by atoms with Gasteiger partial charge in [0.05, 0.1) is 13.2 Å². The van der Waals surface area contributed by atoms with Crippen molar-refractivity contribution in [2.24, 2.45) is 0 Å². The lowest BCUT2D eigenvalue weighted by Crippen LogP contribution is -1.95. The Kier molecular flexibility index (Phi) is 3.00. The average Bonchev–Trinajstić information content (AvgIpc) is 2.39. The molecule has 1 aromatic carbocycles. The van der Waals surface area contributed by atoms with Gasteiger partial charge in [-0.25, -0.2) is 0 Å². The molecule has 0 saturated heterocycles. The zero-order valence-corrected chi connectivity index (χ0v) is 9.16. The Balaban J connectivity index is 2.54. The van der Waals surface area contributed by atoms with Gasteiger partial charge in [-0.1, -0.05) is 30.3 Å². The number of benzene rings is 1. The minimum absolute atomic E-state index is 0.219. The van der Waals surface area contributed by atoms with Gasteiger partial charge < -0.3 is 14.9 Å². The molecule has 2 rings (SSSR count). The molecule has 0 atom stereocenters. The number of hydrogen-bond donors (Lipinski definition) is 0. The second-order valence-electron chi connectivity index (χ2n) is 3.37. The Labute approximate surface area is 97.8 Å². The minimum Gasteiger partial charge on any atom is -0.496 e. The summed E-state index contributed by atoms with van der Waals surface area (Å²) in [5.74, 6) is 0.203. The third-order valence-electron chi connectivity index (χ3n) is 2.28. The molecule has 0 bridgehead atoms. The molecule has 5 heteroatoms. The molecule has 1 heterocycles. The molecule has 5 nitrogen and oxygen atoms in total. The molecule has 0 spiro atoms. The Bertz CT molecular complexity index is 541. The number of aromatic nitrogens is 1. The lowest BCUT2D eigenvalue weighted by molar-refractivity contribution is -0.389. The first-order valence-corrected chi connectivity index (χ1v) is 4.96. The molecule has 0 aliphatic rings. The number of nitro groups is 1. The van der Waals surface area contributed by atoms with Crippen molar-refractivity contribution in [3.05, 3.63) is 52.6 Å². The Morgan fingerprint density at radius 1 is 1.24 bits per heavy atom. The standard InChI is InChI=1S/C12H10N2O3/c1-17-10-7-11(9-5-3-2-4-6-9)13-12(8-10)14(15)16/h2-8H,1H3. The smallest absolute Gasteiger partial charge is 0.367 e. The van der Waals surface area contributed by atoms with Gasteiger partial charge in [0.25, 0.3) is 0 Å². The predicted molar refractivity (Wildman–Crippen MR) is 62.9 cm³/mol. The number of rotatable bonds is 3. The average molecular weight is 230 g/mol. The van der Waals surface area contributed by atoms with Crippen molar-refractivity contribution in [1.82, 2.24) is 4.98 Å². The fourth-order valence-electron chi connectivity index (χ4n) is 1.46. The maximum Gasteiger partial charge on any atom is 0.367 e. The summed E-state index contributed by atoms with van der Waals surface area (Å²) >= 11 is 0. The van der Waals surface area contributed by atoms with E-state index >= 15 is 0 Å². The van der Waals surface area contributed by atoms with E-state index in [4.69, 9.17) is 4.74 Å². The van der Waals surface area contributed by atoms with Crippen LogP contribution < -0.4 is 4.74 Å². The zero-order chi connectivity index (χ0) is 12.3. The van der Waals surface area contributed by atoms with Gasteiger partial charge in [0.1, 0.15) is 5.75 Å². The summed E-state index contributed by atoms with van der Waals surface area (Å²) in [4.78, 5) is 14.2. The summed E-state index contributed by atoms with van der Waals surface area (Å²) in [6.45, 7) is 0. The topological polar surface area (TPSA) is 65.3 Å². The van der Waals surface area contributed by atoms with E-state index in [9.17, 15) is 10.1 Å². The van der Waals surface area contributed by atoms with Crippen LogP contribution in [0.1, 0.15) is 0 Å². The lowest BCUT2D eigenvalue weighted by Gasteiger charge is -2.01. The summed E-state index contributed by atoms with van der Waals surface area (Å²) in [7, 11) is 1.47. The quantitative estimate of drug-likeness (QED) is 0.600.